The highest BCUT2D eigenvalue weighted by molar-refractivity contribution is 8.01. The van der Waals surface area contributed by atoms with E-state index < -0.39 is 6.04 Å². The Labute approximate surface area is 148 Å². The largest absolute Gasteiger partial charge is 0.341 e. The minimum absolute atomic E-state index is 0.112. The summed E-state index contributed by atoms with van der Waals surface area (Å²) in [5, 5.41) is 16.7. The minimum atomic E-state index is -0.527. The maximum Gasteiger partial charge on any atom is 0.249 e. The molecule has 2 unspecified atom stereocenters. The molecule has 10 heteroatoms. The number of fused-ring (bicyclic) bond motifs is 1. The van der Waals surface area contributed by atoms with Crippen molar-refractivity contribution in [2.75, 3.05) is 0 Å². The summed E-state index contributed by atoms with van der Waals surface area (Å²) in [6, 6.07) is 4.65. The van der Waals surface area contributed by atoms with Crippen LogP contribution in [0.1, 0.15) is 31.4 Å². The number of hydrogen-bond acceptors (Lipinski definition) is 7. The van der Waals surface area contributed by atoms with Gasteiger partial charge in [-0.1, -0.05) is 6.07 Å². The summed E-state index contributed by atoms with van der Waals surface area (Å²) in [5.41, 5.74) is 0.675. The van der Waals surface area contributed by atoms with E-state index in [1.54, 1.807) is 35.0 Å². The Balaban J connectivity index is 1.46. The molecule has 4 rings (SSSR count). The number of aromatic amines is 1. The Morgan fingerprint density at radius 1 is 1.44 bits per heavy atom. The number of pyridine rings is 1. The number of carbonyl (C=O) groups is 2. The normalized spacial score (nSPS) is 26.9. The molecule has 2 saturated heterocycles. The van der Waals surface area contributed by atoms with Crippen LogP contribution in [-0.4, -0.2) is 58.5 Å². The molecule has 4 heterocycles. The van der Waals surface area contributed by atoms with Gasteiger partial charge in [-0.2, -0.15) is 0 Å². The number of carbonyl (C=O) groups excluding carboxylic acids is 2. The SMILES string of the molecule is CC1(C)S[C@@H]2C(NC(=O)Cc3ccccn3)C(=O)N2C1c1nnn[nH]1. The maximum atomic E-state index is 12.6. The molecular formula is C15H17N7O2S. The fourth-order valence-electron chi connectivity index (χ4n) is 3.36. The van der Waals surface area contributed by atoms with Crippen molar-refractivity contribution in [3.8, 4) is 0 Å². The lowest BCUT2D eigenvalue weighted by atomic mass is 9.95. The molecule has 0 spiro atoms. The molecular weight excluding hydrogens is 342 g/mol. The summed E-state index contributed by atoms with van der Waals surface area (Å²) in [5.74, 6) is 0.241. The molecule has 3 atom stereocenters. The first-order chi connectivity index (χ1) is 12.0. The predicted octanol–water partition coefficient (Wildman–Crippen LogP) is 0.0570. The first-order valence-corrected chi connectivity index (χ1v) is 8.78. The first-order valence-electron chi connectivity index (χ1n) is 7.90. The Bertz CT molecular complexity index is 795. The quantitative estimate of drug-likeness (QED) is 0.741. The fraction of sp³-hybridized carbons (Fsp3) is 0.467. The third-order valence-corrected chi connectivity index (χ3v) is 6.02. The standard InChI is InChI=1S/C15H17N7O2S/c1-15(2)11(12-18-20-21-19-12)22-13(24)10(14(22)25-15)17-9(23)7-8-5-3-4-6-16-8/h3-6,10-11,14H,7H2,1-2H3,(H,17,23)(H,18,19,20,21)/t10?,11?,14-/m1/s1. The number of hydrogen-bond donors (Lipinski definition) is 2. The lowest BCUT2D eigenvalue weighted by Crippen LogP contribution is -2.68. The van der Waals surface area contributed by atoms with Crippen LogP contribution in [0.25, 0.3) is 0 Å². The van der Waals surface area contributed by atoms with E-state index in [0.29, 0.717) is 11.5 Å². The highest BCUT2D eigenvalue weighted by Crippen LogP contribution is 2.56. The van der Waals surface area contributed by atoms with E-state index >= 15 is 0 Å². The van der Waals surface area contributed by atoms with Crippen LogP contribution in [0.5, 0.6) is 0 Å². The Kier molecular flexibility index (Phi) is 3.71. The molecule has 0 aliphatic carbocycles. The van der Waals surface area contributed by atoms with Crippen molar-refractivity contribution in [3.63, 3.8) is 0 Å². The van der Waals surface area contributed by atoms with Crippen molar-refractivity contribution in [2.45, 2.75) is 42.5 Å². The number of nitrogens with one attached hydrogen (secondary N) is 2. The second-order valence-electron chi connectivity index (χ2n) is 6.59. The van der Waals surface area contributed by atoms with Crippen LogP contribution >= 0.6 is 11.8 Å². The van der Waals surface area contributed by atoms with Crippen LogP contribution in [0.2, 0.25) is 0 Å². The van der Waals surface area contributed by atoms with E-state index in [1.807, 2.05) is 19.9 Å². The van der Waals surface area contributed by atoms with E-state index in [1.165, 1.54) is 0 Å². The number of tetrazole rings is 1. The van der Waals surface area contributed by atoms with Gasteiger partial charge in [-0.25, -0.2) is 5.10 Å². The van der Waals surface area contributed by atoms with Gasteiger partial charge in [-0.05, 0) is 36.4 Å². The minimum Gasteiger partial charge on any atom is -0.341 e. The monoisotopic (exact) mass is 359 g/mol. The van der Waals surface area contributed by atoms with Crippen molar-refractivity contribution in [3.05, 3.63) is 35.9 Å². The maximum absolute atomic E-state index is 12.6. The Hall–Kier alpha value is -2.49. The van der Waals surface area contributed by atoms with Gasteiger partial charge in [0.05, 0.1) is 6.42 Å². The second kappa shape index (κ2) is 5.80. The number of thioether (sulfide) groups is 1. The fourth-order valence-corrected chi connectivity index (χ4v) is 5.00. The van der Waals surface area contributed by atoms with Gasteiger partial charge in [0, 0.05) is 16.6 Å². The van der Waals surface area contributed by atoms with Gasteiger partial charge in [0.1, 0.15) is 17.5 Å². The summed E-state index contributed by atoms with van der Waals surface area (Å²) >= 11 is 1.64. The van der Waals surface area contributed by atoms with E-state index in [0.717, 1.165) is 0 Å². The average Bonchev–Trinajstić information content (AvgIpc) is 3.18. The van der Waals surface area contributed by atoms with Crippen molar-refractivity contribution < 1.29 is 9.59 Å². The van der Waals surface area contributed by atoms with Gasteiger partial charge in [0.2, 0.25) is 11.8 Å². The lowest BCUT2D eigenvalue weighted by molar-refractivity contribution is -0.151. The number of β-lactam (4-membered cyclic amide) rings is 1. The zero-order valence-corrected chi connectivity index (χ0v) is 14.5. The van der Waals surface area contributed by atoms with Crippen LogP contribution in [0.3, 0.4) is 0 Å². The smallest absolute Gasteiger partial charge is 0.249 e. The molecule has 130 valence electrons. The summed E-state index contributed by atoms with van der Waals surface area (Å²) < 4.78 is -0.262. The molecule has 2 aromatic heterocycles. The highest BCUT2D eigenvalue weighted by Gasteiger charge is 2.63. The number of aromatic nitrogens is 5. The Morgan fingerprint density at radius 3 is 2.96 bits per heavy atom. The second-order valence-corrected chi connectivity index (χ2v) is 8.36. The van der Waals surface area contributed by atoms with Crippen LogP contribution in [0, 0.1) is 0 Å². The Morgan fingerprint density at radius 2 is 2.28 bits per heavy atom. The zero-order chi connectivity index (χ0) is 17.6. The van der Waals surface area contributed by atoms with E-state index in [9.17, 15) is 9.59 Å². The summed E-state index contributed by atoms with van der Waals surface area (Å²) in [6.07, 6.45) is 1.80. The summed E-state index contributed by atoms with van der Waals surface area (Å²) in [6.45, 7) is 4.09. The predicted molar refractivity (Wildman–Crippen MR) is 89.1 cm³/mol. The molecule has 0 saturated carbocycles. The van der Waals surface area contributed by atoms with Crippen LogP contribution < -0.4 is 5.32 Å². The molecule has 0 aromatic carbocycles. The van der Waals surface area contributed by atoms with E-state index in [-0.39, 0.29) is 34.4 Å². The third-order valence-electron chi connectivity index (χ3n) is 4.45. The number of amides is 2. The van der Waals surface area contributed by atoms with Crippen molar-refractivity contribution >= 4 is 23.6 Å². The lowest BCUT2D eigenvalue weighted by Gasteiger charge is -2.44. The third kappa shape index (κ3) is 2.66. The number of nitrogens with zero attached hydrogens (tertiary/aromatic N) is 5. The molecule has 2 aliphatic heterocycles. The van der Waals surface area contributed by atoms with Crippen LogP contribution in [0.15, 0.2) is 24.4 Å². The van der Waals surface area contributed by atoms with Gasteiger partial charge in [0.25, 0.3) is 0 Å². The highest BCUT2D eigenvalue weighted by atomic mass is 32.2. The molecule has 2 aromatic rings. The first kappa shape index (κ1) is 16.0. The van der Waals surface area contributed by atoms with Crippen molar-refractivity contribution in [1.29, 1.82) is 0 Å². The molecule has 9 nitrogen and oxygen atoms in total. The van der Waals surface area contributed by atoms with Crippen LogP contribution in [0.4, 0.5) is 0 Å². The number of H-pyrrole nitrogens is 1. The van der Waals surface area contributed by atoms with Crippen molar-refractivity contribution in [1.82, 2.24) is 35.8 Å². The van der Waals surface area contributed by atoms with E-state index in [4.69, 9.17) is 0 Å². The molecule has 2 N–H and O–H groups in total. The topological polar surface area (TPSA) is 117 Å². The molecule has 2 amide bonds. The summed E-state index contributed by atoms with van der Waals surface area (Å²) in [4.78, 5) is 30.8. The molecule has 2 fully saturated rings. The molecule has 0 bridgehead atoms. The average molecular weight is 359 g/mol. The van der Waals surface area contributed by atoms with Crippen molar-refractivity contribution in [2.24, 2.45) is 0 Å². The summed E-state index contributed by atoms with van der Waals surface area (Å²) in [7, 11) is 0. The van der Waals surface area contributed by atoms with Gasteiger partial charge < -0.3 is 10.2 Å². The number of rotatable bonds is 4. The molecule has 2 aliphatic rings. The van der Waals surface area contributed by atoms with E-state index in [2.05, 4.69) is 30.9 Å². The molecule has 0 radical (unpaired) electrons. The van der Waals surface area contributed by atoms with Gasteiger partial charge >= 0.3 is 0 Å². The molecule has 25 heavy (non-hydrogen) atoms. The zero-order valence-electron chi connectivity index (χ0n) is 13.7. The van der Waals surface area contributed by atoms with Gasteiger partial charge in [-0.15, -0.1) is 16.9 Å². The van der Waals surface area contributed by atoms with Gasteiger partial charge in [0.15, 0.2) is 5.82 Å². The van der Waals surface area contributed by atoms with Crippen LogP contribution in [-0.2, 0) is 16.0 Å². The van der Waals surface area contributed by atoms with Gasteiger partial charge in [-0.3, -0.25) is 14.6 Å².